The molecule has 0 saturated heterocycles. The zero-order valence-corrected chi connectivity index (χ0v) is 19.6. The van der Waals surface area contributed by atoms with Crippen LogP contribution >= 0.6 is 0 Å². The highest BCUT2D eigenvalue weighted by Crippen LogP contribution is 2.21. The minimum Gasteiger partial charge on any atom is -0.404 e. The van der Waals surface area contributed by atoms with E-state index in [9.17, 15) is 0 Å². The van der Waals surface area contributed by atoms with E-state index in [0.29, 0.717) is 29.3 Å². The number of allylic oxidation sites excluding steroid dienone is 2. The maximum atomic E-state index is 8.56. The average molecular weight is 458 g/mol. The molecule has 0 aliphatic rings. The minimum atomic E-state index is 0.251. The summed E-state index contributed by atoms with van der Waals surface area (Å²) in [6.07, 6.45) is 10.3. The number of rotatable bonds is 9. The Morgan fingerprint density at radius 2 is 2.00 bits per heavy atom. The van der Waals surface area contributed by atoms with Crippen LogP contribution in [0.3, 0.4) is 0 Å². The molecule has 3 heterocycles. The fourth-order valence-corrected chi connectivity index (χ4v) is 3.23. The highest BCUT2D eigenvalue weighted by molar-refractivity contribution is 6.21. The number of nitrogens with zero attached hydrogens (tertiary/aromatic N) is 3. The Bertz CT molecular complexity index is 1230. The molecule has 0 bridgehead atoms. The summed E-state index contributed by atoms with van der Waals surface area (Å²) in [6, 6.07) is 9.41. The zero-order valence-electron chi connectivity index (χ0n) is 19.6. The van der Waals surface area contributed by atoms with Crippen LogP contribution in [0.1, 0.15) is 25.0 Å². The van der Waals surface area contributed by atoms with Gasteiger partial charge in [-0.3, -0.25) is 15.4 Å². The first-order chi connectivity index (χ1) is 16.4. The number of fused-ring (bicyclic) bond motifs is 1. The van der Waals surface area contributed by atoms with Crippen molar-refractivity contribution in [2.75, 3.05) is 12.4 Å². The van der Waals surface area contributed by atoms with Gasteiger partial charge in [0.25, 0.3) is 0 Å². The van der Waals surface area contributed by atoms with Gasteiger partial charge in [0.1, 0.15) is 17.5 Å². The quantitative estimate of drug-likeness (QED) is 0.163. The molecule has 0 atom stereocenters. The van der Waals surface area contributed by atoms with Gasteiger partial charge >= 0.3 is 0 Å². The van der Waals surface area contributed by atoms with Gasteiger partial charge in [0.05, 0.1) is 11.0 Å². The normalized spacial score (nSPS) is 12.6. The number of nitrogens with two attached hydrogens (primary N) is 2. The molecule has 0 saturated carbocycles. The van der Waals surface area contributed by atoms with Crippen LogP contribution in [0.15, 0.2) is 78.8 Å². The van der Waals surface area contributed by atoms with Crippen molar-refractivity contribution in [2.45, 2.75) is 20.4 Å². The van der Waals surface area contributed by atoms with Crippen LogP contribution in [-0.2, 0) is 6.54 Å². The molecule has 34 heavy (non-hydrogen) atoms. The summed E-state index contributed by atoms with van der Waals surface area (Å²) < 4.78 is 0. The summed E-state index contributed by atoms with van der Waals surface area (Å²) in [6.45, 7) is 4.58. The number of pyridine rings is 3. The topological polar surface area (TPSA) is 151 Å². The van der Waals surface area contributed by atoms with Crippen molar-refractivity contribution >= 4 is 28.3 Å². The molecule has 0 fully saturated rings. The Hall–Kier alpha value is -4.40. The first kappa shape index (κ1) is 24.2. The predicted octanol–water partition coefficient (Wildman–Crippen LogP) is 3.06. The van der Waals surface area contributed by atoms with Gasteiger partial charge in [-0.15, -0.1) is 0 Å². The van der Waals surface area contributed by atoms with Crippen LogP contribution < -0.4 is 27.4 Å². The summed E-state index contributed by atoms with van der Waals surface area (Å²) in [4.78, 5) is 13.3. The van der Waals surface area contributed by atoms with E-state index in [1.54, 1.807) is 44.1 Å². The highest BCUT2D eigenvalue weighted by atomic mass is 15.1. The van der Waals surface area contributed by atoms with Crippen molar-refractivity contribution in [1.29, 1.82) is 5.41 Å². The van der Waals surface area contributed by atoms with Crippen molar-refractivity contribution in [1.82, 2.24) is 25.6 Å². The number of hydrogen-bond donors (Lipinski definition) is 6. The van der Waals surface area contributed by atoms with Crippen LogP contribution in [-0.4, -0.2) is 27.8 Å². The Balaban J connectivity index is 1.83. The molecule has 3 aromatic rings. The lowest BCUT2D eigenvalue weighted by Gasteiger charge is -2.13. The molecule has 9 heteroatoms. The highest BCUT2D eigenvalue weighted by Gasteiger charge is 2.11. The maximum absolute atomic E-state index is 8.56. The third-order valence-corrected chi connectivity index (χ3v) is 5.05. The van der Waals surface area contributed by atoms with Crippen LogP contribution in [0.5, 0.6) is 0 Å². The summed E-state index contributed by atoms with van der Waals surface area (Å²) in [7, 11) is 1.79. The number of nitrogens with one attached hydrogen (secondary N) is 4. The van der Waals surface area contributed by atoms with Crippen LogP contribution in [0, 0.1) is 11.3 Å². The fraction of sp³-hybridized carbons (Fsp3) is 0.200. The van der Waals surface area contributed by atoms with Crippen molar-refractivity contribution in [3.63, 3.8) is 0 Å². The molecule has 0 aliphatic heterocycles. The van der Waals surface area contributed by atoms with Crippen molar-refractivity contribution in [2.24, 2.45) is 17.4 Å². The summed E-state index contributed by atoms with van der Waals surface area (Å²) >= 11 is 0. The molecular formula is C25H31N9. The first-order valence-electron chi connectivity index (χ1n) is 10.9. The summed E-state index contributed by atoms with van der Waals surface area (Å²) in [5.74, 6) is 1.54. The molecule has 0 amide bonds. The van der Waals surface area contributed by atoms with Crippen LogP contribution in [0.2, 0.25) is 0 Å². The van der Waals surface area contributed by atoms with Gasteiger partial charge in [-0.25, -0.2) is 4.98 Å². The van der Waals surface area contributed by atoms with E-state index < -0.39 is 0 Å². The van der Waals surface area contributed by atoms with Gasteiger partial charge in [0, 0.05) is 49.5 Å². The van der Waals surface area contributed by atoms with Crippen molar-refractivity contribution < 1.29 is 0 Å². The second-order valence-corrected chi connectivity index (χ2v) is 7.94. The molecule has 0 aromatic carbocycles. The summed E-state index contributed by atoms with van der Waals surface area (Å²) in [5, 5.41) is 17.8. The second kappa shape index (κ2) is 11.5. The van der Waals surface area contributed by atoms with Gasteiger partial charge in [0.2, 0.25) is 0 Å². The molecule has 0 aliphatic carbocycles. The van der Waals surface area contributed by atoms with E-state index in [4.69, 9.17) is 16.9 Å². The van der Waals surface area contributed by atoms with E-state index in [1.807, 2.05) is 44.2 Å². The van der Waals surface area contributed by atoms with E-state index in [2.05, 4.69) is 30.9 Å². The SMILES string of the molecule is CN/C=C(\C(=N)NCc1cccnc1)c1cnc2ccc(N/C(N)=C/C(=C\N)C(C)C)nc2c1. The smallest absolute Gasteiger partial charge is 0.132 e. The molecule has 3 rings (SSSR count). The van der Waals surface area contributed by atoms with Crippen LogP contribution in [0.4, 0.5) is 5.82 Å². The third-order valence-electron chi connectivity index (χ3n) is 5.05. The number of hydrogen-bond acceptors (Lipinski definition) is 8. The number of anilines is 1. The zero-order chi connectivity index (χ0) is 24.5. The largest absolute Gasteiger partial charge is 0.404 e. The monoisotopic (exact) mass is 457 g/mol. The summed E-state index contributed by atoms with van der Waals surface area (Å²) in [5.41, 5.74) is 16.6. The molecule has 9 nitrogen and oxygen atoms in total. The van der Waals surface area contributed by atoms with E-state index in [1.165, 1.54) is 0 Å². The van der Waals surface area contributed by atoms with Gasteiger partial charge in [-0.1, -0.05) is 19.9 Å². The molecular weight excluding hydrogens is 426 g/mol. The van der Waals surface area contributed by atoms with E-state index in [0.717, 1.165) is 22.2 Å². The van der Waals surface area contributed by atoms with Gasteiger partial charge in [-0.05, 0) is 53.6 Å². The fourth-order valence-electron chi connectivity index (χ4n) is 3.23. The standard InChI is InChI=1S/C25H31N9/c1-16(2)18(11-26)10-23(27)34-24-7-6-21-22(33-24)9-19(14-31-21)20(15-29-3)25(28)32-13-17-5-4-8-30-12-17/h4-12,14-16,29H,13,26-27H2,1-3H3,(H2,28,32)(H,33,34)/b18-11+,20-15-,23-10+. The van der Waals surface area contributed by atoms with Crippen LogP contribution in [0.25, 0.3) is 16.6 Å². The van der Waals surface area contributed by atoms with Gasteiger partial charge < -0.3 is 27.4 Å². The molecule has 3 aromatic heterocycles. The lowest BCUT2D eigenvalue weighted by molar-refractivity contribution is 0.786. The predicted molar refractivity (Wildman–Crippen MR) is 138 cm³/mol. The minimum absolute atomic E-state index is 0.251. The van der Waals surface area contributed by atoms with Crippen molar-refractivity contribution in [3.8, 4) is 0 Å². The van der Waals surface area contributed by atoms with Gasteiger partial charge in [-0.2, -0.15) is 0 Å². The van der Waals surface area contributed by atoms with E-state index >= 15 is 0 Å². The number of amidine groups is 1. The molecule has 176 valence electrons. The molecule has 0 unspecified atom stereocenters. The Morgan fingerprint density at radius 1 is 1.18 bits per heavy atom. The molecule has 0 radical (unpaired) electrons. The first-order valence-corrected chi connectivity index (χ1v) is 10.9. The lowest BCUT2D eigenvalue weighted by atomic mass is 10.0. The Morgan fingerprint density at radius 3 is 2.68 bits per heavy atom. The average Bonchev–Trinajstić information content (AvgIpc) is 2.84. The molecule has 0 spiro atoms. The number of aromatic nitrogens is 3. The Labute approximate surface area is 199 Å². The molecule has 8 N–H and O–H groups in total. The Kier molecular flexibility index (Phi) is 8.17. The lowest BCUT2D eigenvalue weighted by Crippen LogP contribution is -2.24. The third kappa shape index (κ3) is 6.32. The second-order valence-electron chi connectivity index (χ2n) is 7.94. The van der Waals surface area contributed by atoms with Crippen molar-refractivity contribution in [3.05, 3.63) is 89.9 Å². The maximum Gasteiger partial charge on any atom is 0.132 e. The van der Waals surface area contributed by atoms with Gasteiger partial charge in [0.15, 0.2) is 0 Å². The van der Waals surface area contributed by atoms with E-state index in [-0.39, 0.29) is 11.8 Å².